The summed E-state index contributed by atoms with van der Waals surface area (Å²) < 4.78 is 90.4. The third kappa shape index (κ3) is 5.41. The molecule has 1 amide bonds. The van der Waals surface area contributed by atoms with Gasteiger partial charge in [-0.1, -0.05) is 0 Å². The Bertz CT molecular complexity index is 1110. The number of amides is 1. The third-order valence-corrected chi connectivity index (χ3v) is 6.28. The van der Waals surface area contributed by atoms with Crippen LogP contribution in [0.3, 0.4) is 0 Å². The number of likely N-dealkylation sites (tertiary alicyclic amines) is 1. The first kappa shape index (κ1) is 26.1. The predicted molar refractivity (Wildman–Crippen MR) is 116 cm³/mol. The molecule has 4 atom stereocenters. The maximum Gasteiger partial charge on any atom is 0.433 e. The summed E-state index contributed by atoms with van der Waals surface area (Å²) >= 11 is 0. The van der Waals surface area contributed by atoms with Gasteiger partial charge in [-0.05, 0) is 64.5 Å². The minimum absolute atomic E-state index is 0.0223. The van der Waals surface area contributed by atoms with E-state index in [4.69, 9.17) is 9.47 Å². The van der Waals surface area contributed by atoms with E-state index in [9.17, 15) is 31.1 Å². The average Bonchev–Trinajstić information content (AvgIpc) is 3.22. The smallest absolute Gasteiger partial charge is 0.433 e. The van der Waals surface area contributed by atoms with Crippen molar-refractivity contribution in [2.45, 2.75) is 70.6 Å². The van der Waals surface area contributed by atoms with Crippen molar-refractivity contribution in [2.24, 2.45) is 11.8 Å². The molecule has 4 rings (SSSR count). The number of rotatable bonds is 4. The Balaban J connectivity index is 1.58. The van der Waals surface area contributed by atoms with Gasteiger partial charge in [0, 0.05) is 19.1 Å². The Morgan fingerprint density at radius 1 is 1.08 bits per heavy atom. The lowest BCUT2D eigenvalue weighted by molar-refractivity contribution is -0.189. The zero-order chi connectivity index (χ0) is 26.6. The summed E-state index contributed by atoms with van der Waals surface area (Å²) in [5.41, 5.74) is -2.33. The summed E-state index contributed by atoms with van der Waals surface area (Å²) in [5.74, 6) is -0.684. The van der Waals surface area contributed by atoms with Gasteiger partial charge in [-0.25, -0.2) is 9.31 Å². The highest BCUT2D eigenvalue weighted by Gasteiger charge is 2.45. The molecule has 1 saturated carbocycles. The molecule has 0 radical (unpaired) electrons. The number of alkyl halides is 6. The van der Waals surface area contributed by atoms with E-state index in [1.54, 1.807) is 25.7 Å². The normalized spacial score (nSPS) is 23.6. The van der Waals surface area contributed by atoms with Gasteiger partial charge in [-0.15, -0.1) is 5.10 Å². The molecule has 2 aromatic rings. The highest BCUT2D eigenvalue weighted by atomic mass is 19.4. The van der Waals surface area contributed by atoms with Gasteiger partial charge in [0.1, 0.15) is 11.3 Å². The molecule has 1 aliphatic heterocycles. The fourth-order valence-electron chi connectivity index (χ4n) is 4.65. The van der Waals surface area contributed by atoms with Crippen molar-refractivity contribution in [2.75, 3.05) is 18.4 Å². The van der Waals surface area contributed by atoms with Crippen LogP contribution in [0.5, 0.6) is 5.75 Å². The van der Waals surface area contributed by atoms with E-state index in [0.717, 1.165) is 25.8 Å². The zero-order valence-corrected chi connectivity index (χ0v) is 20.1. The Labute approximate surface area is 202 Å². The van der Waals surface area contributed by atoms with Crippen LogP contribution in [0, 0.1) is 11.8 Å². The Morgan fingerprint density at radius 2 is 1.69 bits per heavy atom. The lowest BCUT2D eigenvalue weighted by Gasteiger charge is -2.38. The number of nitrogens with one attached hydrogen (secondary N) is 1. The topological polar surface area (TPSA) is 81.0 Å². The van der Waals surface area contributed by atoms with Crippen molar-refractivity contribution < 1.29 is 40.6 Å². The maximum atomic E-state index is 13.6. The number of halogens is 6. The van der Waals surface area contributed by atoms with E-state index in [2.05, 4.69) is 15.4 Å². The number of piperidine rings is 1. The summed E-state index contributed by atoms with van der Waals surface area (Å²) in [6.07, 6.45) is -10.7. The summed E-state index contributed by atoms with van der Waals surface area (Å²) in [6, 6.07) is 1.18. The second-order valence-electron chi connectivity index (χ2n) is 10.2. The average molecular weight is 523 g/mol. The Morgan fingerprint density at radius 3 is 2.22 bits per heavy atom. The van der Waals surface area contributed by atoms with Crippen LogP contribution in [-0.4, -0.2) is 62.6 Å². The van der Waals surface area contributed by atoms with Gasteiger partial charge in [-0.3, -0.25) is 0 Å². The molecule has 200 valence electrons. The van der Waals surface area contributed by atoms with Crippen LogP contribution in [0.1, 0.15) is 46.2 Å². The molecule has 2 aliphatic rings. The number of fused-ring (bicyclic) bond motifs is 3. The van der Waals surface area contributed by atoms with Crippen LogP contribution in [0.2, 0.25) is 0 Å². The second kappa shape index (κ2) is 8.87. The van der Waals surface area contributed by atoms with E-state index in [1.807, 2.05) is 0 Å². The van der Waals surface area contributed by atoms with Crippen LogP contribution < -0.4 is 10.1 Å². The van der Waals surface area contributed by atoms with Crippen molar-refractivity contribution in [3.05, 3.63) is 17.8 Å². The molecular formula is C22H27F6N5O3. The molecule has 8 nitrogen and oxygen atoms in total. The molecule has 2 fully saturated rings. The van der Waals surface area contributed by atoms with E-state index < -0.39 is 47.2 Å². The number of ether oxygens (including phenoxy) is 2. The number of hydrogen-bond donors (Lipinski definition) is 1. The number of nitrogens with zero attached hydrogens (tertiary/aromatic N) is 4. The molecule has 36 heavy (non-hydrogen) atoms. The minimum atomic E-state index is -4.82. The first-order valence-corrected chi connectivity index (χ1v) is 11.5. The minimum Gasteiger partial charge on any atom is -0.477 e. The van der Waals surface area contributed by atoms with Gasteiger partial charge in [0.25, 0.3) is 0 Å². The van der Waals surface area contributed by atoms with Crippen molar-refractivity contribution >= 4 is 17.7 Å². The number of carbonyl (C=O) groups excluding carboxylic acids is 1. The quantitative estimate of drug-likeness (QED) is 0.560. The zero-order valence-electron chi connectivity index (χ0n) is 20.1. The Kier molecular flexibility index (Phi) is 6.44. The van der Waals surface area contributed by atoms with Gasteiger partial charge >= 0.3 is 18.4 Å². The van der Waals surface area contributed by atoms with E-state index >= 15 is 0 Å². The van der Waals surface area contributed by atoms with Crippen LogP contribution in [-0.2, 0) is 10.9 Å². The summed E-state index contributed by atoms with van der Waals surface area (Å²) in [4.78, 5) is 18.2. The number of pyridine rings is 1. The molecule has 0 spiro atoms. The highest BCUT2D eigenvalue weighted by Crippen LogP contribution is 2.40. The molecule has 1 N–H and O–H groups in total. The standard InChI is InChI=1S/C22H27F6N5O3/c1-11(21(23,24)25)35-14-7-8-15(22(26,27)28)33-17(14)30-18(31-33)29-16-12-5-6-13(16)10-32(9-12)19(34)36-20(2,3)4/h7-8,11-13,16H,5-6,9-10H2,1-4H3,(H,29,31)/t11?,12-,13+,16?. The van der Waals surface area contributed by atoms with Crippen LogP contribution in [0.25, 0.3) is 5.65 Å². The van der Waals surface area contributed by atoms with Crippen LogP contribution in [0.15, 0.2) is 12.1 Å². The maximum absolute atomic E-state index is 13.6. The van der Waals surface area contributed by atoms with Crippen molar-refractivity contribution in [3.8, 4) is 5.75 Å². The van der Waals surface area contributed by atoms with Crippen molar-refractivity contribution in [3.63, 3.8) is 0 Å². The monoisotopic (exact) mass is 523 g/mol. The van der Waals surface area contributed by atoms with E-state index in [-0.39, 0.29) is 23.8 Å². The van der Waals surface area contributed by atoms with E-state index in [1.165, 1.54) is 0 Å². The third-order valence-electron chi connectivity index (χ3n) is 6.28. The summed E-state index contributed by atoms with van der Waals surface area (Å²) in [6.45, 7) is 6.84. The predicted octanol–water partition coefficient (Wildman–Crippen LogP) is 5.14. The van der Waals surface area contributed by atoms with Crippen molar-refractivity contribution in [1.29, 1.82) is 0 Å². The first-order chi connectivity index (χ1) is 16.5. The molecule has 2 unspecified atom stereocenters. The number of hydrogen-bond acceptors (Lipinski definition) is 6. The van der Waals surface area contributed by atoms with E-state index in [0.29, 0.717) is 23.7 Å². The molecule has 1 aliphatic carbocycles. The largest absolute Gasteiger partial charge is 0.477 e. The molecule has 3 heterocycles. The summed E-state index contributed by atoms with van der Waals surface area (Å²) in [7, 11) is 0. The molecule has 2 bridgehead atoms. The SMILES string of the molecule is CC(Oc1ccc(C(F)(F)F)n2nc(NC3[C@@H]4CC[C@H]3CN(C(=O)OC(C)(C)C)C4)nc12)C(F)(F)F. The number of anilines is 1. The molecule has 14 heteroatoms. The summed E-state index contributed by atoms with van der Waals surface area (Å²) in [5, 5.41) is 6.97. The van der Waals surface area contributed by atoms with Crippen molar-refractivity contribution in [1.82, 2.24) is 19.5 Å². The van der Waals surface area contributed by atoms with Gasteiger partial charge in [0.15, 0.2) is 17.5 Å². The van der Waals surface area contributed by atoms with Crippen LogP contribution in [0.4, 0.5) is 37.1 Å². The van der Waals surface area contributed by atoms with Gasteiger partial charge in [-0.2, -0.15) is 31.3 Å². The highest BCUT2D eigenvalue weighted by molar-refractivity contribution is 5.68. The van der Waals surface area contributed by atoms with Gasteiger partial charge in [0.05, 0.1) is 0 Å². The first-order valence-electron chi connectivity index (χ1n) is 11.5. The fourth-order valence-corrected chi connectivity index (χ4v) is 4.65. The lowest BCUT2D eigenvalue weighted by Crippen LogP contribution is -2.51. The number of aromatic nitrogens is 3. The Hall–Kier alpha value is -2.93. The van der Waals surface area contributed by atoms with Gasteiger partial charge in [0.2, 0.25) is 5.95 Å². The molecule has 0 aromatic carbocycles. The van der Waals surface area contributed by atoms with Gasteiger partial charge < -0.3 is 19.7 Å². The molecule has 1 saturated heterocycles. The second-order valence-corrected chi connectivity index (χ2v) is 10.2. The van der Waals surface area contributed by atoms with Crippen LogP contribution >= 0.6 is 0 Å². The number of carbonyl (C=O) groups is 1. The molecular weight excluding hydrogens is 496 g/mol. The molecule has 2 aromatic heterocycles. The fraction of sp³-hybridized carbons (Fsp3) is 0.682. The lowest BCUT2D eigenvalue weighted by atomic mass is 9.92.